The number of hydrogen-bond donors (Lipinski definition) is 2. The van der Waals surface area contributed by atoms with Crippen molar-refractivity contribution in [1.29, 1.82) is 0 Å². The van der Waals surface area contributed by atoms with Crippen molar-refractivity contribution >= 4 is 29.0 Å². The highest BCUT2D eigenvalue weighted by molar-refractivity contribution is 7.99. The van der Waals surface area contributed by atoms with E-state index >= 15 is 0 Å². The van der Waals surface area contributed by atoms with E-state index < -0.39 is 17.0 Å². The molecule has 0 aromatic carbocycles. The van der Waals surface area contributed by atoms with Crippen molar-refractivity contribution in [3.63, 3.8) is 0 Å². The third-order valence-electron chi connectivity index (χ3n) is 3.26. The quantitative estimate of drug-likeness (QED) is 0.494. The minimum absolute atomic E-state index is 0.0544. The van der Waals surface area contributed by atoms with Crippen molar-refractivity contribution < 1.29 is 4.79 Å². The molecule has 0 fully saturated rings. The van der Waals surface area contributed by atoms with Crippen LogP contribution in [0, 0.1) is 0 Å². The van der Waals surface area contributed by atoms with Gasteiger partial charge in [0.05, 0.1) is 5.75 Å². The van der Waals surface area contributed by atoms with Crippen molar-refractivity contribution in [3.8, 4) is 0 Å². The molecule has 0 saturated carbocycles. The molecule has 3 N–H and O–H groups in total. The summed E-state index contributed by atoms with van der Waals surface area (Å²) in [5.74, 6) is -0.700. The molecule has 0 bridgehead atoms. The first-order valence-electron chi connectivity index (χ1n) is 6.53. The van der Waals surface area contributed by atoms with E-state index in [1.165, 1.54) is 7.05 Å². The lowest BCUT2D eigenvalue weighted by Gasteiger charge is -2.07. The SMILES string of the molecule is Cn1c(N)c(C(=O)CSc2nnc3ccccn23)c(=O)[nH]c1=O. The number of carbonyl (C=O) groups is 1. The van der Waals surface area contributed by atoms with Crippen molar-refractivity contribution in [2.75, 3.05) is 11.5 Å². The first-order chi connectivity index (χ1) is 11.0. The number of pyridine rings is 1. The maximum Gasteiger partial charge on any atom is 0.329 e. The van der Waals surface area contributed by atoms with Crippen LogP contribution in [0.5, 0.6) is 0 Å². The molecule has 0 unspecified atom stereocenters. The summed E-state index contributed by atoms with van der Waals surface area (Å²) in [5.41, 5.74) is 4.67. The smallest absolute Gasteiger partial charge is 0.329 e. The van der Waals surface area contributed by atoms with Gasteiger partial charge in [-0.05, 0) is 12.1 Å². The van der Waals surface area contributed by atoms with E-state index in [0.29, 0.717) is 10.8 Å². The van der Waals surface area contributed by atoms with Crippen molar-refractivity contribution in [2.24, 2.45) is 7.05 Å². The zero-order valence-corrected chi connectivity index (χ0v) is 12.8. The highest BCUT2D eigenvalue weighted by atomic mass is 32.2. The Labute approximate surface area is 133 Å². The van der Waals surface area contributed by atoms with E-state index in [1.54, 1.807) is 16.7 Å². The van der Waals surface area contributed by atoms with Crippen LogP contribution in [0.4, 0.5) is 5.82 Å². The normalized spacial score (nSPS) is 11.0. The number of rotatable bonds is 4. The van der Waals surface area contributed by atoms with Crippen LogP contribution in [0.3, 0.4) is 0 Å². The Balaban J connectivity index is 1.87. The highest BCUT2D eigenvalue weighted by Crippen LogP contribution is 2.18. The molecule has 3 rings (SSSR count). The van der Waals surface area contributed by atoms with Crippen LogP contribution in [0.25, 0.3) is 5.65 Å². The van der Waals surface area contributed by atoms with E-state index in [4.69, 9.17) is 5.73 Å². The summed E-state index contributed by atoms with van der Waals surface area (Å²) >= 11 is 1.13. The van der Waals surface area contributed by atoms with Gasteiger partial charge in [-0.3, -0.25) is 23.5 Å². The fraction of sp³-hybridized carbons (Fsp3) is 0.154. The van der Waals surface area contributed by atoms with Crippen LogP contribution in [-0.4, -0.2) is 35.7 Å². The number of ketones is 1. The molecule has 0 aliphatic rings. The molecule has 0 spiro atoms. The van der Waals surface area contributed by atoms with Crippen LogP contribution < -0.4 is 17.0 Å². The second-order valence-electron chi connectivity index (χ2n) is 4.70. The Bertz CT molecular complexity index is 1020. The molecule has 10 heteroatoms. The van der Waals surface area contributed by atoms with E-state index in [9.17, 15) is 14.4 Å². The number of fused-ring (bicyclic) bond motifs is 1. The summed E-state index contributed by atoms with van der Waals surface area (Å²) in [7, 11) is 1.38. The summed E-state index contributed by atoms with van der Waals surface area (Å²) in [6, 6.07) is 5.43. The Morgan fingerprint density at radius 1 is 1.35 bits per heavy atom. The molecule has 0 aliphatic heterocycles. The van der Waals surface area contributed by atoms with E-state index in [-0.39, 0.29) is 17.1 Å². The number of hydrogen-bond acceptors (Lipinski definition) is 7. The number of carbonyl (C=O) groups excluding carboxylic acids is 1. The van der Waals surface area contributed by atoms with Gasteiger partial charge in [0.2, 0.25) is 0 Å². The van der Waals surface area contributed by atoms with Gasteiger partial charge in [0.1, 0.15) is 11.4 Å². The molecular weight excluding hydrogens is 320 g/mol. The lowest BCUT2D eigenvalue weighted by molar-refractivity contribution is 0.102. The summed E-state index contributed by atoms with van der Waals surface area (Å²) in [6.07, 6.45) is 1.77. The molecule has 3 heterocycles. The fourth-order valence-electron chi connectivity index (χ4n) is 2.03. The lowest BCUT2D eigenvalue weighted by Crippen LogP contribution is -2.35. The first kappa shape index (κ1) is 15.0. The van der Waals surface area contributed by atoms with Crippen LogP contribution in [0.1, 0.15) is 10.4 Å². The summed E-state index contributed by atoms with van der Waals surface area (Å²) in [4.78, 5) is 37.6. The van der Waals surface area contributed by atoms with Gasteiger partial charge in [-0.15, -0.1) is 10.2 Å². The topological polar surface area (TPSA) is 128 Å². The lowest BCUT2D eigenvalue weighted by atomic mass is 10.2. The Hall–Kier alpha value is -2.88. The number of anilines is 1. The second-order valence-corrected chi connectivity index (χ2v) is 5.64. The zero-order chi connectivity index (χ0) is 16.6. The van der Waals surface area contributed by atoms with Crippen molar-refractivity contribution in [1.82, 2.24) is 24.1 Å². The van der Waals surface area contributed by atoms with E-state index in [0.717, 1.165) is 16.3 Å². The van der Waals surface area contributed by atoms with Crippen molar-refractivity contribution in [3.05, 3.63) is 50.8 Å². The van der Waals surface area contributed by atoms with E-state index in [2.05, 4.69) is 15.2 Å². The van der Waals surface area contributed by atoms with Gasteiger partial charge in [0.15, 0.2) is 16.6 Å². The average Bonchev–Trinajstić information content (AvgIpc) is 2.94. The molecule has 3 aromatic rings. The third-order valence-corrected chi connectivity index (χ3v) is 4.21. The van der Waals surface area contributed by atoms with Crippen LogP contribution >= 0.6 is 11.8 Å². The number of H-pyrrole nitrogens is 1. The van der Waals surface area contributed by atoms with Gasteiger partial charge in [0, 0.05) is 13.2 Å². The largest absolute Gasteiger partial charge is 0.384 e. The summed E-state index contributed by atoms with van der Waals surface area (Å²) in [5, 5.41) is 8.48. The summed E-state index contributed by atoms with van der Waals surface area (Å²) in [6.45, 7) is 0. The number of Topliss-reactive ketones (excluding diaryl/α,β-unsaturated/α-hetero) is 1. The average molecular weight is 332 g/mol. The summed E-state index contributed by atoms with van der Waals surface area (Å²) < 4.78 is 2.75. The maximum atomic E-state index is 12.3. The number of aromatic nitrogens is 5. The molecule has 0 amide bonds. The molecule has 118 valence electrons. The van der Waals surface area contributed by atoms with Crippen LogP contribution in [-0.2, 0) is 7.05 Å². The van der Waals surface area contributed by atoms with Gasteiger partial charge in [0.25, 0.3) is 5.56 Å². The van der Waals surface area contributed by atoms with Gasteiger partial charge in [-0.1, -0.05) is 17.8 Å². The van der Waals surface area contributed by atoms with Gasteiger partial charge in [-0.2, -0.15) is 0 Å². The number of nitrogens with zero attached hydrogens (tertiary/aromatic N) is 4. The van der Waals surface area contributed by atoms with Crippen LogP contribution in [0.2, 0.25) is 0 Å². The number of thioether (sulfide) groups is 1. The minimum Gasteiger partial charge on any atom is -0.384 e. The number of aromatic amines is 1. The molecule has 0 aliphatic carbocycles. The molecule has 0 radical (unpaired) electrons. The highest BCUT2D eigenvalue weighted by Gasteiger charge is 2.19. The molecule has 23 heavy (non-hydrogen) atoms. The predicted molar refractivity (Wildman–Crippen MR) is 84.8 cm³/mol. The number of nitrogens with one attached hydrogen (secondary N) is 1. The first-order valence-corrected chi connectivity index (χ1v) is 7.52. The number of nitrogen functional groups attached to an aromatic ring is 1. The molecule has 9 nitrogen and oxygen atoms in total. The monoisotopic (exact) mass is 332 g/mol. The molecule has 3 aromatic heterocycles. The predicted octanol–water partition coefficient (Wildman–Crippen LogP) is -0.327. The van der Waals surface area contributed by atoms with Gasteiger partial charge < -0.3 is 5.73 Å². The van der Waals surface area contributed by atoms with E-state index in [1.807, 2.05) is 12.1 Å². The molecular formula is C13H12N6O3S. The Morgan fingerprint density at radius 3 is 2.91 bits per heavy atom. The Kier molecular flexibility index (Phi) is 3.74. The third kappa shape index (κ3) is 2.63. The maximum absolute atomic E-state index is 12.3. The standard InChI is InChI=1S/C13H12N6O3S/c1-18-10(14)9(11(21)15-12(18)22)7(20)6-23-13-17-16-8-4-2-3-5-19(8)13/h2-5H,6,14H2,1H3,(H,15,21,22). The Morgan fingerprint density at radius 2 is 2.13 bits per heavy atom. The van der Waals surface area contributed by atoms with Gasteiger partial charge in [-0.25, -0.2) is 4.79 Å². The van der Waals surface area contributed by atoms with Crippen molar-refractivity contribution in [2.45, 2.75) is 5.16 Å². The fourth-order valence-corrected chi connectivity index (χ4v) is 2.82. The second kappa shape index (κ2) is 5.72. The zero-order valence-electron chi connectivity index (χ0n) is 12.0. The minimum atomic E-state index is -0.790. The molecule has 0 atom stereocenters. The number of nitrogens with two attached hydrogens (primary N) is 1. The molecule has 0 saturated heterocycles. The van der Waals surface area contributed by atoms with Gasteiger partial charge >= 0.3 is 5.69 Å². The van der Waals surface area contributed by atoms with Crippen LogP contribution in [0.15, 0.2) is 39.1 Å².